The molecule has 0 spiro atoms. The average Bonchev–Trinajstić information content (AvgIpc) is 2.84. The minimum absolute atomic E-state index is 0.0414. The number of aryl methyl sites for hydroxylation is 1. The van der Waals surface area contributed by atoms with E-state index in [1.165, 1.54) is 6.07 Å². The Bertz CT molecular complexity index is 592. The summed E-state index contributed by atoms with van der Waals surface area (Å²) in [7, 11) is 0. The van der Waals surface area contributed by atoms with Gasteiger partial charge in [0.2, 0.25) is 0 Å². The van der Waals surface area contributed by atoms with Crippen LogP contribution in [-0.4, -0.2) is 6.54 Å². The zero-order chi connectivity index (χ0) is 14.8. The summed E-state index contributed by atoms with van der Waals surface area (Å²) in [6.45, 7) is 0.516. The second-order valence-corrected chi connectivity index (χ2v) is 5.26. The first-order valence-corrected chi connectivity index (χ1v) is 6.87. The third-order valence-electron chi connectivity index (χ3n) is 2.84. The number of halogens is 4. The molecule has 0 atom stereocenters. The summed E-state index contributed by atoms with van der Waals surface area (Å²) >= 11 is 3.06. The molecule has 2 nitrogen and oxygen atoms in total. The standard InChI is InChI=1S/C14H13BrF3NO/c15-9-3-5-11(12(8-9)14(16,17)18)13-6-4-10(20-13)2-1-7-19/h3-6,8H,1-2,7,19H2. The molecule has 0 radical (unpaired) electrons. The van der Waals surface area contributed by atoms with Crippen LogP contribution in [0.15, 0.2) is 39.2 Å². The van der Waals surface area contributed by atoms with Gasteiger partial charge in [-0.1, -0.05) is 15.9 Å². The van der Waals surface area contributed by atoms with Crippen molar-refractivity contribution in [2.24, 2.45) is 5.73 Å². The molecule has 2 rings (SSSR count). The number of rotatable bonds is 4. The Hall–Kier alpha value is -1.27. The summed E-state index contributed by atoms with van der Waals surface area (Å²) in [5.41, 5.74) is 4.72. The molecular formula is C14H13BrF3NO. The van der Waals surface area contributed by atoms with E-state index in [4.69, 9.17) is 10.2 Å². The quantitative estimate of drug-likeness (QED) is 0.876. The van der Waals surface area contributed by atoms with E-state index < -0.39 is 11.7 Å². The van der Waals surface area contributed by atoms with Crippen molar-refractivity contribution in [2.75, 3.05) is 6.54 Å². The zero-order valence-electron chi connectivity index (χ0n) is 10.5. The molecule has 2 N–H and O–H groups in total. The number of nitrogens with two attached hydrogens (primary N) is 1. The minimum atomic E-state index is -4.43. The van der Waals surface area contributed by atoms with Crippen LogP contribution in [0.5, 0.6) is 0 Å². The number of alkyl halides is 3. The van der Waals surface area contributed by atoms with Crippen molar-refractivity contribution in [3.63, 3.8) is 0 Å². The lowest BCUT2D eigenvalue weighted by atomic mass is 10.1. The van der Waals surface area contributed by atoms with Crippen LogP contribution in [0.25, 0.3) is 11.3 Å². The smallest absolute Gasteiger partial charge is 0.417 e. The van der Waals surface area contributed by atoms with Gasteiger partial charge < -0.3 is 10.2 Å². The van der Waals surface area contributed by atoms with Crippen molar-refractivity contribution >= 4 is 15.9 Å². The van der Waals surface area contributed by atoms with Crippen LogP contribution < -0.4 is 5.73 Å². The Morgan fingerprint density at radius 3 is 2.55 bits per heavy atom. The maximum absolute atomic E-state index is 13.0. The highest BCUT2D eigenvalue weighted by Gasteiger charge is 2.34. The van der Waals surface area contributed by atoms with E-state index in [1.807, 2.05) is 0 Å². The van der Waals surface area contributed by atoms with E-state index in [-0.39, 0.29) is 11.3 Å². The van der Waals surface area contributed by atoms with Crippen molar-refractivity contribution in [3.8, 4) is 11.3 Å². The molecule has 0 saturated heterocycles. The normalized spacial score (nSPS) is 11.8. The molecule has 1 heterocycles. The SMILES string of the molecule is NCCCc1ccc(-c2ccc(Br)cc2C(F)(F)F)o1. The Morgan fingerprint density at radius 2 is 1.90 bits per heavy atom. The molecule has 1 aromatic carbocycles. The van der Waals surface area contributed by atoms with Gasteiger partial charge in [0.1, 0.15) is 11.5 Å². The van der Waals surface area contributed by atoms with Crippen LogP contribution in [0.1, 0.15) is 17.7 Å². The second kappa shape index (κ2) is 6.01. The molecule has 20 heavy (non-hydrogen) atoms. The van der Waals surface area contributed by atoms with E-state index in [9.17, 15) is 13.2 Å². The molecule has 0 aliphatic heterocycles. The second-order valence-electron chi connectivity index (χ2n) is 4.35. The third kappa shape index (κ3) is 3.43. The highest BCUT2D eigenvalue weighted by atomic mass is 79.9. The van der Waals surface area contributed by atoms with Crippen LogP contribution in [0.4, 0.5) is 13.2 Å². The number of hydrogen-bond donors (Lipinski definition) is 1. The fourth-order valence-corrected chi connectivity index (χ4v) is 2.26. The van der Waals surface area contributed by atoms with E-state index in [0.717, 1.165) is 12.5 Å². The summed E-state index contributed by atoms with van der Waals surface area (Å²) in [5, 5.41) is 0. The van der Waals surface area contributed by atoms with Gasteiger partial charge >= 0.3 is 6.18 Å². The fraction of sp³-hybridized carbons (Fsp3) is 0.286. The monoisotopic (exact) mass is 347 g/mol. The average molecular weight is 348 g/mol. The largest absolute Gasteiger partial charge is 0.461 e. The number of hydrogen-bond acceptors (Lipinski definition) is 2. The zero-order valence-corrected chi connectivity index (χ0v) is 12.1. The maximum Gasteiger partial charge on any atom is 0.417 e. The Balaban J connectivity index is 2.39. The summed E-state index contributed by atoms with van der Waals surface area (Å²) in [6.07, 6.45) is -3.07. The van der Waals surface area contributed by atoms with Gasteiger partial charge in [-0.15, -0.1) is 0 Å². The van der Waals surface area contributed by atoms with Crippen LogP contribution in [0.2, 0.25) is 0 Å². The Kier molecular flexibility index (Phi) is 4.55. The lowest BCUT2D eigenvalue weighted by Gasteiger charge is -2.11. The predicted molar refractivity (Wildman–Crippen MR) is 74.2 cm³/mol. The van der Waals surface area contributed by atoms with Crippen molar-refractivity contribution in [3.05, 3.63) is 46.1 Å². The van der Waals surface area contributed by atoms with E-state index in [2.05, 4.69) is 15.9 Å². The first kappa shape index (κ1) is 15.1. The van der Waals surface area contributed by atoms with Gasteiger partial charge in [0.15, 0.2) is 0 Å². The summed E-state index contributed by atoms with van der Waals surface area (Å²) in [5.74, 6) is 0.860. The summed E-state index contributed by atoms with van der Waals surface area (Å²) < 4.78 is 45.0. The van der Waals surface area contributed by atoms with Gasteiger partial charge in [0.05, 0.1) is 5.56 Å². The molecule has 1 aromatic heterocycles. The first-order chi connectivity index (χ1) is 9.41. The van der Waals surface area contributed by atoms with Crippen molar-refractivity contribution in [2.45, 2.75) is 19.0 Å². The molecule has 0 aliphatic carbocycles. The number of furan rings is 1. The first-order valence-electron chi connectivity index (χ1n) is 6.07. The van der Waals surface area contributed by atoms with Crippen molar-refractivity contribution < 1.29 is 17.6 Å². The van der Waals surface area contributed by atoms with E-state index in [1.54, 1.807) is 18.2 Å². The third-order valence-corrected chi connectivity index (χ3v) is 3.33. The molecule has 0 amide bonds. The van der Waals surface area contributed by atoms with Gasteiger partial charge in [-0.3, -0.25) is 0 Å². The molecule has 0 bridgehead atoms. The van der Waals surface area contributed by atoms with Crippen molar-refractivity contribution in [1.29, 1.82) is 0 Å². The Labute approximate surface area is 122 Å². The highest BCUT2D eigenvalue weighted by molar-refractivity contribution is 9.10. The van der Waals surface area contributed by atoms with Crippen LogP contribution >= 0.6 is 15.9 Å². The lowest BCUT2D eigenvalue weighted by molar-refractivity contribution is -0.137. The van der Waals surface area contributed by atoms with Gasteiger partial charge in [0, 0.05) is 16.5 Å². The van der Waals surface area contributed by atoms with E-state index in [0.29, 0.717) is 23.2 Å². The maximum atomic E-state index is 13.0. The van der Waals surface area contributed by atoms with Crippen LogP contribution in [-0.2, 0) is 12.6 Å². The Morgan fingerprint density at radius 1 is 1.15 bits per heavy atom. The molecule has 0 aliphatic rings. The van der Waals surface area contributed by atoms with E-state index >= 15 is 0 Å². The topological polar surface area (TPSA) is 39.2 Å². The van der Waals surface area contributed by atoms with Gasteiger partial charge in [-0.05, 0) is 43.3 Å². The summed E-state index contributed by atoms with van der Waals surface area (Å²) in [4.78, 5) is 0. The lowest BCUT2D eigenvalue weighted by Crippen LogP contribution is -2.07. The molecule has 108 valence electrons. The van der Waals surface area contributed by atoms with Crippen LogP contribution in [0.3, 0.4) is 0 Å². The molecular weight excluding hydrogens is 335 g/mol. The molecule has 6 heteroatoms. The predicted octanol–water partition coefficient (Wildman–Crippen LogP) is 4.62. The fourth-order valence-electron chi connectivity index (χ4n) is 1.90. The molecule has 2 aromatic rings. The number of benzene rings is 1. The molecule has 0 unspecified atom stereocenters. The van der Waals surface area contributed by atoms with Crippen molar-refractivity contribution in [1.82, 2.24) is 0 Å². The van der Waals surface area contributed by atoms with Gasteiger partial charge in [0.25, 0.3) is 0 Å². The minimum Gasteiger partial charge on any atom is -0.461 e. The van der Waals surface area contributed by atoms with Gasteiger partial charge in [-0.25, -0.2) is 0 Å². The molecule has 0 saturated carbocycles. The van der Waals surface area contributed by atoms with Crippen LogP contribution in [0, 0.1) is 0 Å². The highest BCUT2D eigenvalue weighted by Crippen LogP contribution is 2.39. The molecule has 0 fully saturated rings. The summed E-state index contributed by atoms with van der Waals surface area (Å²) in [6, 6.07) is 7.26. The van der Waals surface area contributed by atoms with Gasteiger partial charge in [-0.2, -0.15) is 13.2 Å².